The maximum atomic E-state index is 9.47. The molecule has 1 aromatic carbocycles. The van der Waals surface area contributed by atoms with Gasteiger partial charge in [-0.15, -0.1) is 23.5 Å². The number of nitriles is 1. The summed E-state index contributed by atoms with van der Waals surface area (Å²) >= 11 is 9.38. The minimum absolute atomic E-state index is 0.479. The van der Waals surface area contributed by atoms with Crippen LogP contribution in [0.15, 0.2) is 63.9 Å². The summed E-state index contributed by atoms with van der Waals surface area (Å²) in [5, 5.41) is 11.5. The normalized spacial score (nSPS) is 23.8. The van der Waals surface area contributed by atoms with Gasteiger partial charge in [0.1, 0.15) is 11.8 Å². The Morgan fingerprint density at radius 2 is 2.10 bits per heavy atom. The van der Waals surface area contributed by atoms with Crippen LogP contribution in [-0.2, 0) is 6.42 Å². The largest absolute Gasteiger partial charge is 0.296 e. The molecule has 6 heteroatoms. The number of rotatable bonds is 1. The number of benzene rings is 1. The molecular formula is C23H22ClN3S2. The third-order valence-electron chi connectivity index (χ3n) is 5.22. The Kier molecular flexibility index (Phi) is 6.24. The van der Waals surface area contributed by atoms with Crippen LogP contribution < -0.4 is 0 Å². The van der Waals surface area contributed by atoms with Crippen molar-refractivity contribution in [3.8, 4) is 6.07 Å². The molecule has 3 nitrogen and oxygen atoms in total. The molecule has 1 aromatic heterocycles. The van der Waals surface area contributed by atoms with Gasteiger partial charge in [-0.3, -0.25) is 4.57 Å². The van der Waals surface area contributed by atoms with E-state index in [1.807, 2.05) is 40.4 Å². The number of nitrogens with zero attached hydrogens (tertiary/aromatic N) is 3. The summed E-state index contributed by atoms with van der Waals surface area (Å²) in [6.07, 6.45) is 12.5. The average Bonchev–Trinajstić information content (AvgIpc) is 3.42. The molecule has 2 aliphatic carbocycles. The Balaban J connectivity index is 0.000000216. The Bertz CT molecular complexity index is 1030. The maximum Gasteiger partial charge on any atom is 0.145 e. The molecule has 0 N–H and O–H groups in total. The van der Waals surface area contributed by atoms with E-state index in [2.05, 4.69) is 49.2 Å². The molecule has 1 saturated heterocycles. The van der Waals surface area contributed by atoms with Gasteiger partial charge in [0.2, 0.25) is 0 Å². The fraction of sp³-hybridized carbons (Fsp3) is 0.304. The van der Waals surface area contributed by atoms with Crippen molar-refractivity contribution in [3.05, 3.63) is 80.6 Å². The van der Waals surface area contributed by atoms with Gasteiger partial charge in [0.05, 0.1) is 10.6 Å². The van der Waals surface area contributed by atoms with Crippen molar-refractivity contribution in [2.24, 2.45) is 0 Å². The third-order valence-corrected chi connectivity index (χ3v) is 8.68. The molecule has 3 aliphatic rings. The molecule has 148 valence electrons. The number of allylic oxidation sites excluding steroid dienone is 5. The van der Waals surface area contributed by atoms with E-state index in [1.54, 1.807) is 12.5 Å². The van der Waals surface area contributed by atoms with Gasteiger partial charge in [0, 0.05) is 27.9 Å². The number of imidazole rings is 1. The third kappa shape index (κ3) is 4.50. The van der Waals surface area contributed by atoms with E-state index in [0.717, 1.165) is 28.5 Å². The Labute approximate surface area is 185 Å². The smallest absolute Gasteiger partial charge is 0.145 e. The molecule has 2 unspecified atom stereocenters. The zero-order chi connectivity index (χ0) is 20.4. The first-order valence-corrected chi connectivity index (χ1v) is 11.8. The molecule has 0 radical (unpaired) electrons. The first-order valence-electron chi connectivity index (χ1n) is 9.62. The van der Waals surface area contributed by atoms with Crippen molar-refractivity contribution in [2.75, 3.05) is 0 Å². The van der Waals surface area contributed by atoms with Crippen LogP contribution >= 0.6 is 35.1 Å². The van der Waals surface area contributed by atoms with Crippen LogP contribution in [0.25, 0.3) is 5.70 Å². The van der Waals surface area contributed by atoms with Gasteiger partial charge >= 0.3 is 0 Å². The fourth-order valence-corrected chi connectivity index (χ4v) is 7.23. The Morgan fingerprint density at radius 1 is 1.24 bits per heavy atom. The number of fused-ring (bicyclic) bond motifs is 3. The van der Waals surface area contributed by atoms with Gasteiger partial charge in [-0.2, -0.15) is 5.26 Å². The van der Waals surface area contributed by atoms with E-state index in [4.69, 9.17) is 11.6 Å². The van der Waals surface area contributed by atoms with Gasteiger partial charge < -0.3 is 0 Å². The second kappa shape index (κ2) is 8.87. The van der Waals surface area contributed by atoms with E-state index >= 15 is 0 Å². The van der Waals surface area contributed by atoms with Crippen LogP contribution in [0.2, 0.25) is 0 Å². The lowest BCUT2D eigenvalue weighted by Gasteiger charge is -2.08. The van der Waals surface area contributed by atoms with Crippen molar-refractivity contribution >= 4 is 40.8 Å². The molecule has 1 fully saturated rings. The summed E-state index contributed by atoms with van der Waals surface area (Å²) < 4.78 is 2.93. The van der Waals surface area contributed by atoms with Gasteiger partial charge in [-0.05, 0) is 50.3 Å². The molecular weight excluding hydrogens is 418 g/mol. The number of aryl methyl sites for hydroxylation is 1. The summed E-state index contributed by atoms with van der Waals surface area (Å²) in [4.78, 5) is 4.04. The molecule has 2 aromatic rings. The highest BCUT2D eigenvalue weighted by molar-refractivity contribution is 8.26. The van der Waals surface area contributed by atoms with Crippen LogP contribution in [0, 0.1) is 18.3 Å². The molecule has 0 spiro atoms. The van der Waals surface area contributed by atoms with Crippen molar-refractivity contribution in [1.29, 1.82) is 5.26 Å². The monoisotopic (exact) mass is 439 g/mol. The molecule has 0 saturated carbocycles. The molecule has 1 aliphatic heterocycles. The quantitative estimate of drug-likeness (QED) is 0.456. The number of hydrogen-bond donors (Lipinski definition) is 0. The number of thioether (sulfide) groups is 2. The SMILES string of the molecule is CC1=CC=C(Cl)CC1.Cc1ccc2c(c1)CC1S/C(=C(/C#N)n3ccnc3)SC21. The topological polar surface area (TPSA) is 41.6 Å². The molecule has 2 heterocycles. The van der Waals surface area contributed by atoms with E-state index in [0.29, 0.717) is 16.2 Å². The maximum absolute atomic E-state index is 9.47. The molecule has 0 bridgehead atoms. The fourth-order valence-electron chi connectivity index (χ4n) is 3.66. The average molecular weight is 440 g/mol. The molecule has 29 heavy (non-hydrogen) atoms. The summed E-state index contributed by atoms with van der Waals surface area (Å²) in [6.45, 7) is 4.27. The predicted molar refractivity (Wildman–Crippen MR) is 125 cm³/mol. The van der Waals surface area contributed by atoms with E-state index in [1.165, 1.54) is 22.3 Å². The van der Waals surface area contributed by atoms with Crippen LogP contribution in [0.5, 0.6) is 0 Å². The highest BCUT2D eigenvalue weighted by Crippen LogP contribution is 2.61. The zero-order valence-electron chi connectivity index (χ0n) is 16.4. The van der Waals surface area contributed by atoms with Gasteiger partial charge in [-0.1, -0.05) is 47.0 Å². The Hall–Kier alpha value is -1.87. The lowest BCUT2D eigenvalue weighted by Crippen LogP contribution is -1.99. The lowest BCUT2D eigenvalue weighted by molar-refractivity contribution is 0.928. The van der Waals surface area contributed by atoms with Crippen LogP contribution in [0.1, 0.15) is 41.7 Å². The van der Waals surface area contributed by atoms with Gasteiger partial charge in [-0.25, -0.2) is 4.98 Å². The first kappa shape index (κ1) is 20.4. The summed E-state index contributed by atoms with van der Waals surface area (Å²) in [5.74, 6) is 0. The van der Waals surface area contributed by atoms with E-state index in [-0.39, 0.29) is 0 Å². The zero-order valence-corrected chi connectivity index (χ0v) is 18.8. The first-order chi connectivity index (χ1) is 14.0. The van der Waals surface area contributed by atoms with Crippen LogP contribution in [0.4, 0.5) is 0 Å². The summed E-state index contributed by atoms with van der Waals surface area (Å²) in [5.41, 5.74) is 6.38. The number of aromatic nitrogens is 2. The standard InChI is InChI=1S/C16H13N3S2.C7H9Cl/c1-10-2-3-12-11(6-10)7-14-15(12)21-16(20-14)13(8-17)19-5-4-18-9-19;1-6-2-4-7(8)5-3-6/h2-6,9,14-15H,7H2,1H3;2,4H,3,5H2,1H3/b16-13+;. The lowest BCUT2D eigenvalue weighted by atomic mass is 10.1. The van der Waals surface area contributed by atoms with Crippen molar-refractivity contribution < 1.29 is 0 Å². The number of halogens is 1. The number of hydrogen-bond acceptors (Lipinski definition) is 4. The van der Waals surface area contributed by atoms with Crippen molar-refractivity contribution in [2.45, 2.75) is 43.6 Å². The van der Waals surface area contributed by atoms with Gasteiger partial charge in [0.25, 0.3) is 0 Å². The molecule has 0 amide bonds. The minimum atomic E-state index is 0.479. The van der Waals surface area contributed by atoms with E-state index < -0.39 is 0 Å². The second-order valence-corrected chi connectivity index (χ2v) is 10.6. The highest BCUT2D eigenvalue weighted by atomic mass is 35.5. The highest BCUT2D eigenvalue weighted by Gasteiger charge is 2.41. The van der Waals surface area contributed by atoms with Crippen LogP contribution in [-0.4, -0.2) is 14.8 Å². The van der Waals surface area contributed by atoms with Gasteiger partial charge in [0.15, 0.2) is 0 Å². The van der Waals surface area contributed by atoms with E-state index in [9.17, 15) is 5.26 Å². The summed E-state index contributed by atoms with van der Waals surface area (Å²) in [6, 6.07) is 9.08. The second-order valence-electron chi connectivity index (χ2n) is 7.45. The minimum Gasteiger partial charge on any atom is -0.296 e. The Morgan fingerprint density at radius 3 is 2.76 bits per heavy atom. The van der Waals surface area contributed by atoms with Crippen molar-refractivity contribution in [1.82, 2.24) is 9.55 Å². The van der Waals surface area contributed by atoms with Crippen LogP contribution in [0.3, 0.4) is 0 Å². The van der Waals surface area contributed by atoms with Crippen molar-refractivity contribution in [3.63, 3.8) is 0 Å². The summed E-state index contributed by atoms with van der Waals surface area (Å²) in [7, 11) is 0. The predicted octanol–water partition coefficient (Wildman–Crippen LogP) is 6.84. The molecule has 5 rings (SSSR count). The molecule has 2 atom stereocenters.